The molecule has 3 aromatic rings. The third-order valence-electron chi connectivity index (χ3n) is 4.80. The van der Waals surface area contributed by atoms with Gasteiger partial charge < -0.3 is 0 Å². The molecule has 0 fully saturated rings. The molecule has 0 spiro atoms. The summed E-state index contributed by atoms with van der Waals surface area (Å²) in [6.07, 6.45) is 5.96. The fourth-order valence-electron chi connectivity index (χ4n) is 3.51. The summed E-state index contributed by atoms with van der Waals surface area (Å²) < 4.78 is 2.12. The van der Waals surface area contributed by atoms with Crippen LogP contribution in [0, 0.1) is 6.92 Å². The molecule has 3 heteroatoms. The average Bonchev–Trinajstić information content (AvgIpc) is 2.79. The summed E-state index contributed by atoms with van der Waals surface area (Å²) in [5, 5.41) is 5.76. The quantitative estimate of drug-likeness (QED) is 0.543. The number of rotatable bonds is 2. The molecule has 1 aliphatic carbocycles. The number of fused-ring (bicyclic) bond motifs is 1. The van der Waals surface area contributed by atoms with E-state index in [0.29, 0.717) is 0 Å². The first kappa shape index (κ1) is 15.5. The van der Waals surface area contributed by atoms with Crippen LogP contribution in [-0.2, 0) is 12.8 Å². The van der Waals surface area contributed by atoms with Gasteiger partial charge in [-0.2, -0.15) is 5.10 Å². The van der Waals surface area contributed by atoms with Gasteiger partial charge in [0, 0.05) is 16.1 Å². The zero-order chi connectivity index (χ0) is 16.5. The van der Waals surface area contributed by atoms with E-state index >= 15 is 0 Å². The summed E-state index contributed by atoms with van der Waals surface area (Å²) in [4.78, 5) is 0. The van der Waals surface area contributed by atoms with Crippen LogP contribution in [0.1, 0.15) is 36.1 Å². The van der Waals surface area contributed by atoms with Gasteiger partial charge in [-0.1, -0.05) is 47.9 Å². The highest BCUT2D eigenvalue weighted by Crippen LogP contribution is 2.33. The maximum atomic E-state index is 6.09. The van der Waals surface area contributed by atoms with Crippen LogP contribution in [0.15, 0.2) is 48.5 Å². The second-order valence-electron chi connectivity index (χ2n) is 6.59. The van der Waals surface area contributed by atoms with Crippen molar-refractivity contribution >= 4 is 11.6 Å². The number of hydrogen-bond acceptors (Lipinski definition) is 1. The monoisotopic (exact) mass is 336 g/mol. The third kappa shape index (κ3) is 2.87. The maximum Gasteiger partial charge on any atom is 0.0775 e. The highest BCUT2D eigenvalue weighted by Gasteiger charge is 2.21. The minimum absolute atomic E-state index is 0.770. The fourth-order valence-corrected chi connectivity index (χ4v) is 3.63. The van der Waals surface area contributed by atoms with Crippen molar-refractivity contribution in [1.29, 1.82) is 0 Å². The summed E-state index contributed by atoms with van der Waals surface area (Å²) in [5.41, 5.74) is 7.48. The van der Waals surface area contributed by atoms with Gasteiger partial charge in [0.25, 0.3) is 0 Å². The molecule has 0 aliphatic heterocycles. The molecule has 0 saturated heterocycles. The van der Waals surface area contributed by atoms with Crippen molar-refractivity contribution in [2.45, 2.75) is 39.0 Å². The second kappa shape index (κ2) is 6.45. The van der Waals surface area contributed by atoms with Crippen LogP contribution in [0.25, 0.3) is 16.9 Å². The Morgan fingerprint density at radius 3 is 2.33 bits per heavy atom. The largest absolute Gasteiger partial charge is 0.233 e. The molecule has 0 amide bonds. The van der Waals surface area contributed by atoms with Crippen molar-refractivity contribution in [2.24, 2.45) is 0 Å². The van der Waals surface area contributed by atoms with Gasteiger partial charge in [0.05, 0.1) is 17.1 Å². The van der Waals surface area contributed by atoms with Gasteiger partial charge in [0.15, 0.2) is 0 Å². The van der Waals surface area contributed by atoms with Gasteiger partial charge in [-0.15, -0.1) is 0 Å². The molecule has 0 unspecified atom stereocenters. The Morgan fingerprint density at radius 1 is 0.875 bits per heavy atom. The Balaban J connectivity index is 1.92. The van der Waals surface area contributed by atoms with Gasteiger partial charge >= 0.3 is 0 Å². The third-order valence-corrected chi connectivity index (χ3v) is 5.06. The molecular weight excluding hydrogens is 316 g/mol. The Hall–Kier alpha value is -2.06. The predicted molar refractivity (Wildman–Crippen MR) is 100 cm³/mol. The van der Waals surface area contributed by atoms with E-state index in [-0.39, 0.29) is 0 Å². The van der Waals surface area contributed by atoms with Crippen LogP contribution in [0.4, 0.5) is 0 Å². The number of nitrogens with zero attached hydrogens (tertiary/aromatic N) is 2. The Morgan fingerprint density at radius 2 is 1.58 bits per heavy atom. The molecule has 0 bridgehead atoms. The fraction of sp³-hybridized carbons (Fsp3) is 0.286. The van der Waals surface area contributed by atoms with Gasteiger partial charge in [-0.25, -0.2) is 4.68 Å². The average molecular weight is 337 g/mol. The maximum absolute atomic E-state index is 6.09. The molecule has 0 radical (unpaired) electrons. The molecule has 122 valence electrons. The Bertz CT molecular complexity index is 845. The summed E-state index contributed by atoms with van der Waals surface area (Å²) >= 11 is 6.09. The van der Waals surface area contributed by atoms with Crippen LogP contribution >= 0.6 is 11.6 Å². The molecule has 2 aromatic carbocycles. The molecule has 0 atom stereocenters. The molecular formula is C21H21ClN2. The number of aryl methyl sites for hydroxylation is 2. The van der Waals surface area contributed by atoms with Crippen molar-refractivity contribution in [2.75, 3.05) is 0 Å². The van der Waals surface area contributed by atoms with Gasteiger partial charge in [0.1, 0.15) is 0 Å². The lowest BCUT2D eigenvalue weighted by molar-refractivity contribution is 0.695. The van der Waals surface area contributed by atoms with E-state index in [1.165, 1.54) is 47.3 Å². The Labute approximate surface area is 148 Å². The lowest BCUT2D eigenvalue weighted by Gasteiger charge is -2.11. The molecule has 1 heterocycles. The van der Waals surface area contributed by atoms with Crippen molar-refractivity contribution in [3.63, 3.8) is 0 Å². The zero-order valence-electron chi connectivity index (χ0n) is 13.9. The lowest BCUT2D eigenvalue weighted by atomic mass is 10.0. The van der Waals surface area contributed by atoms with Crippen LogP contribution in [-0.4, -0.2) is 9.78 Å². The van der Waals surface area contributed by atoms with Crippen LogP contribution in [0.5, 0.6) is 0 Å². The van der Waals surface area contributed by atoms with Crippen LogP contribution in [0.3, 0.4) is 0 Å². The van der Waals surface area contributed by atoms with E-state index in [0.717, 1.165) is 23.6 Å². The smallest absolute Gasteiger partial charge is 0.0775 e. The number of hydrogen-bond donors (Lipinski definition) is 0. The van der Waals surface area contributed by atoms with E-state index in [4.69, 9.17) is 16.7 Å². The van der Waals surface area contributed by atoms with Crippen LogP contribution in [0.2, 0.25) is 5.02 Å². The normalized spacial score (nSPS) is 14.2. The predicted octanol–water partition coefficient (Wildman–Crippen LogP) is 5.77. The van der Waals surface area contributed by atoms with E-state index in [2.05, 4.69) is 48.0 Å². The number of aromatic nitrogens is 2. The van der Waals surface area contributed by atoms with Crippen LogP contribution < -0.4 is 0 Å². The van der Waals surface area contributed by atoms with E-state index in [1.54, 1.807) is 0 Å². The highest BCUT2D eigenvalue weighted by atomic mass is 35.5. The number of benzene rings is 2. The summed E-state index contributed by atoms with van der Waals surface area (Å²) in [7, 11) is 0. The molecule has 2 nitrogen and oxygen atoms in total. The topological polar surface area (TPSA) is 17.8 Å². The molecule has 1 aromatic heterocycles. The standard InChI is InChI=1S/C21H21ClN2/c1-15-7-13-18(14-8-15)24-21(16-9-11-17(22)12-10-16)19-5-3-2-4-6-20(19)23-24/h7-14H,2-6H2,1H3. The molecule has 4 rings (SSSR count). The zero-order valence-corrected chi connectivity index (χ0v) is 14.7. The summed E-state index contributed by atoms with van der Waals surface area (Å²) in [5.74, 6) is 0. The second-order valence-corrected chi connectivity index (χ2v) is 7.03. The van der Waals surface area contributed by atoms with Crippen molar-refractivity contribution in [3.8, 4) is 16.9 Å². The first-order chi connectivity index (χ1) is 11.7. The number of halogens is 1. The summed E-state index contributed by atoms with van der Waals surface area (Å²) in [6, 6.07) is 16.7. The highest BCUT2D eigenvalue weighted by molar-refractivity contribution is 6.30. The van der Waals surface area contributed by atoms with E-state index in [1.807, 2.05) is 12.1 Å². The molecule has 0 saturated carbocycles. The lowest BCUT2D eigenvalue weighted by Crippen LogP contribution is -2.01. The minimum atomic E-state index is 0.770. The Kier molecular flexibility index (Phi) is 4.15. The molecule has 24 heavy (non-hydrogen) atoms. The molecule has 1 aliphatic rings. The first-order valence-corrected chi connectivity index (χ1v) is 9.04. The summed E-state index contributed by atoms with van der Waals surface area (Å²) in [6.45, 7) is 2.11. The van der Waals surface area contributed by atoms with Gasteiger partial charge in [-0.3, -0.25) is 0 Å². The first-order valence-electron chi connectivity index (χ1n) is 8.66. The minimum Gasteiger partial charge on any atom is -0.233 e. The SMILES string of the molecule is Cc1ccc(-n2nc3c(c2-c2ccc(Cl)cc2)CCCCC3)cc1. The van der Waals surface area contributed by atoms with Gasteiger partial charge in [0.2, 0.25) is 0 Å². The molecule has 0 N–H and O–H groups in total. The van der Waals surface area contributed by atoms with Crippen molar-refractivity contribution in [1.82, 2.24) is 9.78 Å². The van der Waals surface area contributed by atoms with Crippen molar-refractivity contribution < 1.29 is 0 Å². The van der Waals surface area contributed by atoms with Crippen molar-refractivity contribution in [3.05, 3.63) is 70.4 Å². The van der Waals surface area contributed by atoms with E-state index < -0.39 is 0 Å². The van der Waals surface area contributed by atoms with E-state index in [9.17, 15) is 0 Å². The van der Waals surface area contributed by atoms with Gasteiger partial charge in [-0.05, 0) is 56.9 Å².